The van der Waals surface area contributed by atoms with Crippen LogP contribution in [0.5, 0.6) is 0 Å². The Morgan fingerprint density at radius 1 is 0.591 bits per heavy atom. The highest BCUT2D eigenvalue weighted by molar-refractivity contribution is 14.1. The molecular formula is C20H39IO. The van der Waals surface area contributed by atoms with Gasteiger partial charge in [-0.25, -0.2) is 0 Å². The highest BCUT2D eigenvalue weighted by Gasteiger charge is 2.19. The summed E-state index contributed by atoms with van der Waals surface area (Å²) in [6.07, 6.45) is 23.1. The van der Waals surface area contributed by atoms with Crippen molar-refractivity contribution in [3.63, 3.8) is 0 Å². The zero-order valence-corrected chi connectivity index (χ0v) is 17.0. The van der Waals surface area contributed by atoms with Crippen molar-refractivity contribution in [2.75, 3.05) is 17.6 Å². The van der Waals surface area contributed by atoms with Crippen LogP contribution in [0.4, 0.5) is 0 Å². The first kappa shape index (κ1) is 20.7. The van der Waals surface area contributed by atoms with Gasteiger partial charge in [0, 0.05) is 17.6 Å². The van der Waals surface area contributed by atoms with Gasteiger partial charge in [-0.15, -0.1) is 0 Å². The lowest BCUT2D eigenvalue weighted by atomic mass is 10.0. The molecule has 0 N–H and O–H groups in total. The molecule has 132 valence electrons. The lowest BCUT2D eigenvalue weighted by Crippen LogP contribution is -1.97. The number of hydrogen-bond acceptors (Lipinski definition) is 1. The van der Waals surface area contributed by atoms with Crippen molar-refractivity contribution in [1.29, 1.82) is 0 Å². The van der Waals surface area contributed by atoms with E-state index in [1.807, 2.05) is 0 Å². The van der Waals surface area contributed by atoms with Gasteiger partial charge < -0.3 is 4.74 Å². The minimum Gasteiger partial charge on any atom is -0.381 e. The van der Waals surface area contributed by atoms with Crippen molar-refractivity contribution < 1.29 is 4.74 Å². The highest BCUT2D eigenvalue weighted by Crippen LogP contribution is 2.34. The molecule has 1 aliphatic carbocycles. The fourth-order valence-electron chi connectivity index (χ4n) is 3.07. The van der Waals surface area contributed by atoms with Crippen LogP contribution >= 0.6 is 22.6 Å². The molecule has 1 nitrogen and oxygen atoms in total. The zero-order chi connectivity index (χ0) is 15.7. The summed E-state index contributed by atoms with van der Waals surface area (Å²) in [5.74, 6) is 1.14. The summed E-state index contributed by atoms with van der Waals surface area (Å²) in [5.41, 5.74) is 0. The summed E-state index contributed by atoms with van der Waals surface area (Å²) < 4.78 is 6.81. The number of rotatable bonds is 18. The average Bonchev–Trinajstić information content (AvgIpc) is 3.34. The molecule has 0 bridgehead atoms. The fraction of sp³-hybridized carbons (Fsp3) is 1.00. The number of ether oxygens (including phenoxy) is 1. The Labute approximate surface area is 153 Å². The number of alkyl halides is 1. The van der Waals surface area contributed by atoms with E-state index in [0.29, 0.717) is 0 Å². The van der Waals surface area contributed by atoms with E-state index in [9.17, 15) is 0 Å². The molecule has 1 aliphatic rings. The van der Waals surface area contributed by atoms with Crippen LogP contribution in [-0.2, 0) is 4.74 Å². The Morgan fingerprint density at radius 3 is 1.55 bits per heavy atom. The van der Waals surface area contributed by atoms with Crippen molar-refractivity contribution in [3.05, 3.63) is 0 Å². The van der Waals surface area contributed by atoms with Gasteiger partial charge in [-0.3, -0.25) is 0 Å². The first-order valence-electron chi connectivity index (χ1n) is 10.1. The second-order valence-electron chi connectivity index (χ2n) is 7.13. The molecule has 2 heteroatoms. The smallest absolute Gasteiger partial charge is 0.0473 e. The van der Waals surface area contributed by atoms with E-state index < -0.39 is 0 Å². The summed E-state index contributed by atoms with van der Waals surface area (Å²) in [6.45, 7) is 1.95. The van der Waals surface area contributed by atoms with E-state index >= 15 is 0 Å². The molecule has 1 fully saturated rings. The Balaban J connectivity index is 1.59. The maximum absolute atomic E-state index is 5.59. The summed E-state index contributed by atoms with van der Waals surface area (Å²) >= 11 is 2.41. The van der Waals surface area contributed by atoms with Gasteiger partial charge in [-0.1, -0.05) is 112 Å². The highest BCUT2D eigenvalue weighted by atomic mass is 127. The summed E-state index contributed by atoms with van der Waals surface area (Å²) in [4.78, 5) is 0. The average molecular weight is 422 g/mol. The second-order valence-corrected chi connectivity index (χ2v) is 8.21. The SMILES string of the molecule is ICCCOCCCCCCCCCCCCCCC1CC1. The van der Waals surface area contributed by atoms with Crippen molar-refractivity contribution in [2.24, 2.45) is 5.92 Å². The number of unbranched alkanes of at least 4 members (excludes halogenated alkanes) is 11. The van der Waals surface area contributed by atoms with E-state index in [1.54, 1.807) is 0 Å². The Hall–Kier alpha value is 0.690. The third kappa shape index (κ3) is 15.6. The van der Waals surface area contributed by atoms with E-state index in [0.717, 1.165) is 19.1 Å². The van der Waals surface area contributed by atoms with Crippen LogP contribution < -0.4 is 0 Å². The van der Waals surface area contributed by atoms with Gasteiger partial charge >= 0.3 is 0 Å². The molecule has 0 aromatic rings. The standard InChI is InChI=1S/C20H39IO/c21-17-13-19-22-18-12-10-8-6-4-2-1-3-5-7-9-11-14-20-15-16-20/h20H,1-19H2. The van der Waals surface area contributed by atoms with Crippen LogP contribution in [0.2, 0.25) is 0 Å². The lowest BCUT2D eigenvalue weighted by molar-refractivity contribution is 0.131. The second kappa shape index (κ2) is 16.5. The van der Waals surface area contributed by atoms with E-state index in [1.165, 1.54) is 107 Å². The third-order valence-corrected chi connectivity index (χ3v) is 5.53. The van der Waals surface area contributed by atoms with Crippen LogP contribution in [0, 0.1) is 5.92 Å². The summed E-state index contributed by atoms with van der Waals surface area (Å²) in [7, 11) is 0. The van der Waals surface area contributed by atoms with Crippen molar-refractivity contribution in [2.45, 2.75) is 103 Å². The topological polar surface area (TPSA) is 9.23 Å². The van der Waals surface area contributed by atoms with E-state index in [4.69, 9.17) is 4.74 Å². The molecule has 0 aliphatic heterocycles. The van der Waals surface area contributed by atoms with Crippen LogP contribution in [0.25, 0.3) is 0 Å². The van der Waals surface area contributed by atoms with Gasteiger partial charge in [0.2, 0.25) is 0 Å². The maximum Gasteiger partial charge on any atom is 0.0473 e. The zero-order valence-electron chi connectivity index (χ0n) is 14.8. The van der Waals surface area contributed by atoms with Gasteiger partial charge in [0.25, 0.3) is 0 Å². The first-order valence-corrected chi connectivity index (χ1v) is 11.6. The van der Waals surface area contributed by atoms with Crippen LogP contribution in [0.15, 0.2) is 0 Å². The summed E-state index contributed by atoms with van der Waals surface area (Å²) in [6, 6.07) is 0. The number of halogens is 1. The van der Waals surface area contributed by atoms with Gasteiger partial charge in [0.1, 0.15) is 0 Å². The van der Waals surface area contributed by atoms with Crippen LogP contribution in [0.1, 0.15) is 103 Å². The molecule has 1 saturated carbocycles. The number of hydrogen-bond donors (Lipinski definition) is 0. The van der Waals surface area contributed by atoms with Gasteiger partial charge in [0.05, 0.1) is 0 Å². The van der Waals surface area contributed by atoms with E-state index in [2.05, 4.69) is 22.6 Å². The molecule has 0 radical (unpaired) electrons. The maximum atomic E-state index is 5.59. The molecule has 0 aromatic carbocycles. The molecule has 0 amide bonds. The van der Waals surface area contributed by atoms with Crippen LogP contribution in [-0.4, -0.2) is 17.6 Å². The molecule has 22 heavy (non-hydrogen) atoms. The van der Waals surface area contributed by atoms with Crippen molar-refractivity contribution in [1.82, 2.24) is 0 Å². The van der Waals surface area contributed by atoms with Crippen molar-refractivity contribution >= 4 is 22.6 Å². The predicted octanol–water partition coefficient (Wildman–Crippen LogP) is 7.31. The minimum atomic E-state index is 0.962. The van der Waals surface area contributed by atoms with E-state index in [-0.39, 0.29) is 0 Å². The molecule has 0 aromatic heterocycles. The monoisotopic (exact) mass is 422 g/mol. The minimum absolute atomic E-state index is 0.962. The van der Waals surface area contributed by atoms with Crippen LogP contribution in [0.3, 0.4) is 0 Å². The lowest BCUT2D eigenvalue weighted by Gasteiger charge is -2.04. The summed E-state index contributed by atoms with van der Waals surface area (Å²) in [5, 5.41) is 0. The third-order valence-electron chi connectivity index (χ3n) is 4.77. The Kier molecular flexibility index (Phi) is 15.6. The Morgan fingerprint density at radius 2 is 1.05 bits per heavy atom. The molecule has 1 rings (SSSR count). The molecular weight excluding hydrogens is 383 g/mol. The van der Waals surface area contributed by atoms with Crippen molar-refractivity contribution in [3.8, 4) is 0 Å². The van der Waals surface area contributed by atoms with Gasteiger partial charge in [-0.05, 0) is 18.8 Å². The first-order chi connectivity index (χ1) is 10.9. The molecule has 0 spiro atoms. The molecule has 0 saturated heterocycles. The Bertz CT molecular complexity index is 216. The molecule has 0 atom stereocenters. The quantitative estimate of drug-likeness (QED) is 0.128. The van der Waals surface area contributed by atoms with Gasteiger partial charge in [0.15, 0.2) is 0 Å². The normalized spacial score (nSPS) is 14.6. The fourth-order valence-corrected chi connectivity index (χ4v) is 3.38. The largest absolute Gasteiger partial charge is 0.381 e. The molecule has 0 heterocycles. The van der Waals surface area contributed by atoms with Gasteiger partial charge in [-0.2, -0.15) is 0 Å². The predicted molar refractivity (Wildman–Crippen MR) is 107 cm³/mol. The molecule has 0 unspecified atom stereocenters.